The molecule has 1 heterocycles. The summed E-state index contributed by atoms with van der Waals surface area (Å²) in [6.07, 6.45) is 0. The molecule has 1 atom stereocenters. The van der Waals surface area contributed by atoms with Gasteiger partial charge in [0.1, 0.15) is 5.82 Å². The second kappa shape index (κ2) is 6.58. The molecule has 0 bridgehead atoms. The third-order valence-corrected chi connectivity index (χ3v) is 4.00. The van der Waals surface area contributed by atoms with Crippen molar-refractivity contribution in [2.45, 2.75) is 5.75 Å². The van der Waals surface area contributed by atoms with Gasteiger partial charge < -0.3 is 9.30 Å². The highest BCUT2D eigenvalue weighted by Crippen LogP contribution is 2.17. The highest BCUT2D eigenvalue weighted by atomic mass is 32.2. The van der Waals surface area contributed by atoms with Gasteiger partial charge in [0.15, 0.2) is 5.82 Å². The van der Waals surface area contributed by atoms with E-state index in [0.717, 1.165) is 17.2 Å². The summed E-state index contributed by atoms with van der Waals surface area (Å²) in [6.45, 7) is 0.496. The van der Waals surface area contributed by atoms with Crippen molar-refractivity contribution in [1.82, 2.24) is 14.8 Å². The maximum atomic E-state index is 11.8. The number of aromatic nitrogens is 3. The third-order valence-electron chi connectivity index (χ3n) is 2.80. The Kier molecular flexibility index (Phi) is 4.81. The fourth-order valence-corrected chi connectivity index (χ4v) is 2.75. The Labute approximate surface area is 115 Å². The molecule has 0 aliphatic carbocycles. The number of ether oxygens (including phenoxy) is 1. The first-order chi connectivity index (χ1) is 9.22. The van der Waals surface area contributed by atoms with Crippen molar-refractivity contribution >= 4 is 10.8 Å². The maximum absolute atomic E-state index is 11.8. The molecule has 0 aliphatic rings. The summed E-state index contributed by atoms with van der Waals surface area (Å²) < 4.78 is 18.6. The Balaban J connectivity index is 2.13. The molecule has 0 aliphatic heterocycles. The van der Waals surface area contributed by atoms with E-state index in [1.807, 2.05) is 41.9 Å². The summed E-state index contributed by atoms with van der Waals surface area (Å²) in [7, 11) is 2.53. The molecule has 0 spiro atoms. The average molecular weight is 279 g/mol. The van der Waals surface area contributed by atoms with Crippen molar-refractivity contribution in [3.05, 3.63) is 36.2 Å². The fraction of sp³-hybridized carbons (Fsp3) is 0.385. The van der Waals surface area contributed by atoms with Gasteiger partial charge in [-0.2, -0.15) is 0 Å². The third kappa shape index (κ3) is 3.48. The molecule has 1 aromatic heterocycles. The van der Waals surface area contributed by atoms with Crippen LogP contribution in [-0.4, -0.2) is 38.4 Å². The van der Waals surface area contributed by atoms with Crippen LogP contribution in [0.5, 0.6) is 0 Å². The number of nitrogens with zero attached hydrogens (tertiary/aromatic N) is 3. The first-order valence-corrected chi connectivity index (χ1v) is 7.48. The lowest BCUT2D eigenvalue weighted by atomic mass is 10.2. The van der Waals surface area contributed by atoms with E-state index < -0.39 is 10.8 Å². The van der Waals surface area contributed by atoms with Gasteiger partial charge in [0.2, 0.25) is 0 Å². The van der Waals surface area contributed by atoms with Crippen molar-refractivity contribution in [1.29, 1.82) is 0 Å². The first-order valence-electron chi connectivity index (χ1n) is 6.00. The number of methoxy groups -OCH3 is 1. The average Bonchev–Trinajstić information content (AvgIpc) is 2.79. The number of rotatable bonds is 6. The summed E-state index contributed by atoms with van der Waals surface area (Å²) in [5.74, 6) is 2.44. The molecule has 2 rings (SSSR count). The van der Waals surface area contributed by atoms with Crippen LogP contribution in [0.25, 0.3) is 11.4 Å². The van der Waals surface area contributed by atoms with Gasteiger partial charge in [-0.1, -0.05) is 30.3 Å². The van der Waals surface area contributed by atoms with Crippen molar-refractivity contribution in [2.24, 2.45) is 7.05 Å². The molecule has 102 valence electrons. The number of benzene rings is 1. The quantitative estimate of drug-likeness (QED) is 0.801. The lowest BCUT2D eigenvalue weighted by molar-refractivity contribution is 0.218. The van der Waals surface area contributed by atoms with E-state index in [1.54, 1.807) is 7.11 Å². The molecule has 1 aromatic carbocycles. The molecule has 0 fully saturated rings. The molecule has 5 nitrogen and oxygen atoms in total. The maximum Gasteiger partial charge on any atom is 0.163 e. The lowest BCUT2D eigenvalue weighted by Gasteiger charge is -2.04. The topological polar surface area (TPSA) is 57.0 Å². The predicted molar refractivity (Wildman–Crippen MR) is 75.0 cm³/mol. The Morgan fingerprint density at radius 1 is 1.26 bits per heavy atom. The van der Waals surface area contributed by atoms with E-state index in [9.17, 15) is 4.21 Å². The summed E-state index contributed by atoms with van der Waals surface area (Å²) in [4.78, 5) is 0. The molecule has 0 radical (unpaired) electrons. The second-order valence-electron chi connectivity index (χ2n) is 4.15. The Morgan fingerprint density at radius 2 is 2.00 bits per heavy atom. The molecule has 0 N–H and O–H groups in total. The van der Waals surface area contributed by atoms with Crippen molar-refractivity contribution in [3.8, 4) is 11.4 Å². The van der Waals surface area contributed by atoms with Crippen LogP contribution >= 0.6 is 0 Å². The van der Waals surface area contributed by atoms with E-state index in [1.165, 1.54) is 0 Å². The van der Waals surface area contributed by atoms with Gasteiger partial charge in [0, 0.05) is 36.3 Å². The van der Waals surface area contributed by atoms with Crippen LogP contribution in [0.1, 0.15) is 5.82 Å². The van der Waals surface area contributed by atoms with Crippen molar-refractivity contribution in [3.63, 3.8) is 0 Å². The van der Waals surface area contributed by atoms with Gasteiger partial charge in [-0.05, 0) is 0 Å². The summed E-state index contributed by atoms with van der Waals surface area (Å²) in [6, 6.07) is 9.84. The Hall–Kier alpha value is -1.53. The van der Waals surface area contributed by atoms with E-state index >= 15 is 0 Å². The highest BCUT2D eigenvalue weighted by Gasteiger charge is 2.12. The summed E-state index contributed by atoms with van der Waals surface area (Å²) >= 11 is 0. The molecular formula is C13H17N3O2S. The van der Waals surface area contributed by atoms with Crippen LogP contribution in [0.4, 0.5) is 0 Å². The molecule has 19 heavy (non-hydrogen) atoms. The fourth-order valence-electron chi connectivity index (χ4n) is 1.72. The highest BCUT2D eigenvalue weighted by molar-refractivity contribution is 7.84. The van der Waals surface area contributed by atoms with Gasteiger partial charge in [-0.15, -0.1) is 10.2 Å². The van der Waals surface area contributed by atoms with E-state index in [0.29, 0.717) is 18.1 Å². The monoisotopic (exact) mass is 279 g/mol. The smallest absolute Gasteiger partial charge is 0.163 e. The second-order valence-corrected chi connectivity index (χ2v) is 5.72. The Morgan fingerprint density at radius 3 is 2.68 bits per heavy atom. The van der Waals surface area contributed by atoms with Crippen LogP contribution in [-0.2, 0) is 28.3 Å². The molecule has 0 saturated carbocycles. The van der Waals surface area contributed by atoms with Gasteiger partial charge in [-0.25, -0.2) is 0 Å². The minimum atomic E-state index is -0.973. The molecule has 0 amide bonds. The molecule has 6 heteroatoms. The Bertz CT molecular complexity index is 554. The van der Waals surface area contributed by atoms with Gasteiger partial charge in [0.05, 0.1) is 12.4 Å². The molecule has 2 aromatic rings. The summed E-state index contributed by atoms with van der Waals surface area (Å²) in [5, 5.41) is 8.29. The van der Waals surface area contributed by atoms with Crippen LogP contribution in [0.2, 0.25) is 0 Å². The minimum Gasteiger partial charge on any atom is -0.384 e. The zero-order chi connectivity index (χ0) is 13.7. The zero-order valence-electron chi connectivity index (χ0n) is 11.1. The van der Waals surface area contributed by atoms with Crippen LogP contribution in [0.3, 0.4) is 0 Å². The van der Waals surface area contributed by atoms with Crippen LogP contribution in [0, 0.1) is 0 Å². The van der Waals surface area contributed by atoms with Crippen LogP contribution in [0.15, 0.2) is 30.3 Å². The molecule has 1 unspecified atom stereocenters. The van der Waals surface area contributed by atoms with Gasteiger partial charge in [0.25, 0.3) is 0 Å². The first kappa shape index (κ1) is 13.9. The number of hydrogen-bond donors (Lipinski definition) is 0. The van der Waals surface area contributed by atoms with Crippen LogP contribution < -0.4 is 0 Å². The zero-order valence-corrected chi connectivity index (χ0v) is 11.9. The van der Waals surface area contributed by atoms with Gasteiger partial charge in [-0.3, -0.25) is 4.21 Å². The molecule has 0 saturated heterocycles. The van der Waals surface area contributed by atoms with Gasteiger partial charge >= 0.3 is 0 Å². The minimum absolute atomic E-state index is 0.402. The SMILES string of the molecule is COCCS(=O)Cc1nnc(-c2ccccc2)n1C. The largest absolute Gasteiger partial charge is 0.384 e. The summed E-state index contributed by atoms with van der Waals surface area (Å²) in [5.41, 5.74) is 1.01. The predicted octanol–water partition coefficient (Wildman–Crippen LogP) is 1.38. The molecular weight excluding hydrogens is 262 g/mol. The number of hydrogen-bond acceptors (Lipinski definition) is 4. The van der Waals surface area contributed by atoms with Crippen molar-refractivity contribution < 1.29 is 8.95 Å². The van der Waals surface area contributed by atoms with E-state index in [4.69, 9.17) is 4.74 Å². The normalized spacial score (nSPS) is 12.5. The van der Waals surface area contributed by atoms with Crippen molar-refractivity contribution in [2.75, 3.05) is 19.5 Å². The van der Waals surface area contributed by atoms with E-state index in [2.05, 4.69) is 10.2 Å². The van der Waals surface area contributed by atoms with E-state index in [-0.39, 0.29) is 0 Å². The standard InChI is InChI=1S/C13H17N3O2S/c1-16-12(10-19(17)9-8-18-2)14-15-13(16)11-6-4-3-5-7-11/h3-7H,8-10H2,1-2H3. The lowest BCUT2D eigenvalue weighted by Crippen LogP contribution is -2.10.